The van der Waals surface area contributed by atoms with E-state index in [1.807, 2.05) is 6.08 Å². The molecular formula is C31H48O2. The number of carbonyl (C=O) groups excluding carboxylic acids is 1. The summed E-state index contributed by atoms with van der Waals surface area (Å²) in [5.41, 5.74) is 4.51. The van der Waals surface area contributed by atoms with E-state index in [2.05, 4.69) is 62.0 Å². The van der Waals surface area contributed by atoms with Crippen molar-refractivity contribution in [2.75, 3.05) is 0 Å². The van der Waals surface area contributed by atoms with Crippen LogP contribution in [-0.2, 0) is 4.79 Å². The summed E-state index contributed by atoms with van der Waals surface area (Å²) in [6, 6.07) is 0. The van der Waals surface area contributed by atoms with Crippen molar-refractivity contribution in [3.8, 4) is 0 Å². The minimum absolute atomic E-state index is 0.00529. The van der Waals surface area contributed by atoms with E-state index in [9.17, 15) is 9.90 Å². The van der Waals surface area contributed by atoms with Crippen LogP contribution in [0.4, 0.5) is 0 Å². The van der Waals surface area contributed by atoms with Gasteiger partial charge in [0.2, 0.25) is 5.78 Å². The highest BCUT2D eigenvalue weighted by Crippen LogP contribution is 2.71. The maximum absolute atomic E-state index is 12.8. The first-order valence-corrected chi connectivity index (χ1v) is 13.6. The van der Waals surface area contributed by atoms with Gasteiger partial charge in [0.05, 0.1) is 0 Å². The van der Waals surface area contributed by atoms with Crippen molar-refractivity contribution >= 4 is 5.78 Å². The van der Waals surface area contributed by atoms with Gasteiger partial charge in [-0.15, -0.1) is 0 Å². The fraction of sp³-hybridized carbons (Fsp3) is 0.774. The zero-order chi connectivity index (χ0) is 24.6. The third kappa shape index (κ3) is 3.36. The molecule has 0 aromatic carbocycles. The topological polar surface area (TPSA) is 37.3 Å². The van der Waals surface area contributed by atoms with E-state index in [1.165, 1.54) is 31.3 Å². The van der Waals surface area contributed by atoms with Gasteiger partial charge >= 0.3 is 0 Å². The van der Waals surface area contributed by atoms with Crippen molar-refractivity contribution in [2.24, 2.45) is 45.3 Å². The van der Waals surface area contributed by atoms with Crippen LogP contribution in [0.2, 0.25) is 0 Å². The highest BCUT2D eigenvalue weighted by molar-refractivity contribution is 5.99. The summed E-state index contributed by atoms with van der Waals surface area (Å²) >= 11 is 0. The number of ketones is 1. The largest absolute Gasteiger partial charge is 0.505 e. The minimum atomic E-state index is -0.501. The van der Waals surface area contributed by atoms with Gasteiger partial charge in [-0.3, -0.25) is 4.79 Å². The average molecular weight is 453 g/mol. The zero-order valence-corrected chi connectivity index (χ0v) is 22.6. The quantitative estimate of drug-likeness (QED) is 0.424. The van der Waals surface area contributed by atoms with E-state index in [-0.39, 0.29) is 28.3 Å². The van der Waals surface area contributed by atoms with E-state index in [1.54, 1.807) is 11.1 Å². The zero-order valence-electron chi connectivity index (χ0n) is 22.6. The predicted molar refractivity (Wildman–Crippen MR) is 138 cm³/mol. The lowest BCUT2D eigenvalue weighted by molar-refractivity contribution is -0.133. The molecule has 4 aliphatic carbocycles. The number of hydrogen-bond donors (Lipinski definition) is 1. The van der Waals surface area contributed by atoms with Crippen LogP contribution in [0.1, 0.15) is 107 Å². The highest BCUT2D eigenvalue weighted by Gasteiger charge is 2.63. The smallest absolute Gasteiger partial charge is 0.202 e. The number of aliphatic hydroxyl groups is 1. The number of rotatable bonds is 5. The Labute approximate surface area is 203 Å². The molecule has 33 heavy (non-hydrogen) atoms. The summed E-state index contributed by atoms with van der Waals surface area (Å²) in [6.07, 6.45) is 11.5. The molecule has 0 aromatic rings. The second-order valence-corrected chi connectivity index (χ2v) is 13.6. The summed E-state index contributed by atoms with van der Waals surface area (Å²) in [4.78, 5) is 12.8. The van der Waals surface area contributed by atoms with Gasteiger partial charge in [-0.25, -0.2) is 0 Å². The standard InChI is InChI=1S/C31H48O2/c1-19(2)20(3)10-11-21(4)22-14-16-31(9)24-12-13-26-28(5,6)27(33)25(32)18-29(26,7)23(24)15-17-30(22,31)8/h18-19,21-22,26,32H,3,10-17H2,1-2,4-9H3/t21-,22-,26-,29-,30-,31+/m1/s1. The molecule has 2 nitrogen and oxygen atoms in total. The molecular weight excluding hydrogens is 404 g/mol. The van der Waals surface area contributed by atoms with Gasteiger partial charge in [0.1, 0.15) is 0 Å². The Morgan fingerprint density at radius 2 is 1.73 bits per heavy atom. The van der Waals surface area contributed by atoms with Crippen LogP contribution in [-0.4, -0.2) is 10.9 Å². The third-order valence-electron chi connectivity index (χ3n) is 11.6. The van der Waals surface area contributed by atoms with E-state index in [4.69, 9.17) is 0 Å². The Balaban J connectivity index is 1.68. The van der Waals surface area contributed by atoms with Gasteiger partial charge in [0, 0.05) is 10.8 Å². The van der Waals surface area contributed by atoms with Crippen LogP contribution in [0.25, 0.3) is 0 Å². The molecule has 0 spiro atoms. The van der Waals surface area contributed by atoms with Crippen LogP contribution < -0.4 is 0 Å². The summed E-state index contributed by atoms with van der Waals surface area (Å²) in [6.45, 7) is 22.9. The molecule has 4 rings (SSSR count). The molecule has 0 radical (unpaired) electrons. The van der Waals surface area contributed by atoms with E-state index >= 15 is 0 Å². The third-order valence-corrected chi connectivity index (χ3v) is 11.6. The van der Waals surface area contributed by atoms with Crippen LogP contribution in [0.3, 0.4) is 0 Å². The second kappa shape index (κ2) is 7.85. The van der Waals surface area contributed by atoms with Crippen LogP contribution in [0, 0.1) is 45.3 Å². The molecule has 6 atom stereocenters. The van der Waals surface area contributed by atoms with E-state index in [0.29, 0.717) is 11.3 Å². The molecule has 4 aliphatic rings. The molecule has 0 unspecified atom stereocenters. The molecule has 184 valence electrons. The number of Topliss-reactive ketones (excluding diaryl/α,β-unsaturated/α-hetero) is 1. The normalized spacial score (nSPS) is 40.8. The highest BCUT2D eigenvalue weighted by atomic mass is 16.3. The monoisotopic (exact) mass is 452 g/mol. The maximum atomic E-state index is 12.8. The first-order chi connectivity index (χ1) is 15.2. The second-order valence-electron chi connectivity index (χ2n) is 13.6. The first kappa shape index (κ1) is 24.8. The first-order valence-electron chi connectivity index (χ1n) is 13.6. The van der Waals surface area contributed by atoms with Gasteiger partial charge in [0.15, 0.2) is 5.76 Å². The molecule has 0 amide bonds. The maximum Gasteiger partial charge on any atom is 0.202 e. The lowest BCUT2D eigenvalue weighted by Gasteiger charge is -2.59. The van der Waals surface area contributed by atoms with E-state index < -0.39 is 5.41 Å². The fourth-order valence-electron chi connectivity index (χ4n) is 9.05. The lowest BCUT2D eigenvalue weighted by atomic mass is 9.44. The van der Waals surface area contributed by atoms with Crippen LogP contribution in [0.5, 0.6) is 0 Å². The summed E-state index contributed by atoms with van der Waals surface area (Å²) in [5, 5.41) is 10.6. The van der Waals surface area contributed by atoms with Crippen molar-refractivity contribution in [3.63, 3.8) is 0 Å². The van der Waals surface area contributed by atoms with Crippen molar-refractivity contribution in [1.29, 1.82) is 0 Å². The fourth-order valence-corrected chi connectivity index (χ4v) is 9.05. The van der Waals surface area contributed by atoms with Crippen molar-refractivity contribution < 1.29 is 9.90 Å². The molecule has 0 aliphatic heterocycles. The molecule has 0 saturated heterocycles. The van der Waals surface area contributed by atoms with Crippen molar-refractivity contribution in [3.05, 3.63) is 35.1 Å². The van der Waals surface area contributed by atoms with Gasteiger partial charge in [-0.1, -0.05) is 78.7 Å². The number of allylic oxidation sites excluding steroid dienone is 5. The Morgan fingerprint density at radius 3 is 2.36 bits per heavy atom. The Hall–Kier alpha value is -1.31. The molecule has 0 heterocycles. The molecule has 1 saturated carbocycles. The molecule has 1 fully saturated rings. The van der Waals surface area contributed by atoms with Gasteiger partial charge in [-0.05, 0) is 91.9 Å². The number of carbonyl (C=O) groups is 1. The molecule has 0 bridgehead atoms. The van der Waals surface area contributed by atoms with Crippen LogP contribution >= 0.6 is 0 Å². The van der Waals surface area contributed by atoms with E-state index in [0.717, 1.165) is 37.5 Å². The van der Waals surface area contributed by atoms with Crippen molar-refractivity contribution in [1.82, 2.24) is 0 Å². The Morgan fingerprint density at radius 1 is 1.06 bits per heavy atom. The molecule has 2 heteroatoms. The van der Waals surface area contributed by atoms with Gasteiger partial charge in [-0.2, -0.15) is 0 Å². The minimum Gasteiger partial charge on any atom is -0.505 e. The molecule has 0 aromatic heterocycles. The SMILES string of the molecule is C=C(CC[C@@H](C)[C@H]1CC[C@@]2(C)C3=C(CC[C@]12C)[C@@]1(C)C=C(O)C(=O)C(C)(C)[C@H]1CC3)C(C)C. The average Bonchev–Trinajstić information content (AvgIpc) is 3.01. The predicted octanol–water partition coefficient (Wildman–Crippen LogP) is 8.60. The Kier molecular flexibility index (Phi) is 5.90. The van der Waals surface area contributed by atoms with Gasteiger partial charge in [0.25, 0.3) is 0 Å². The number of aliphatic hydroxyl groups excluding tert-OH is 1. The summed E-state index contributed by atoms with van der Waals surface area (Å²) in [5.74, 6) is 2.26. The Bertz CT molecular complexity index is 917. The summed E-state index contributed by atoms with van der Waals surface area (Å²) in [7, 11) is 0. The molecule has 1 N–H and O–H groups in total. The lowest BCUT2D eigenvalue weighted by Crippen LogP contribution is -2.53. The van der Waals surface area contributed by atoms with Gasteiger partial charge < -0.3 is 5.11 Å². The summed E-state index contributed by atoms with van der Waals surface area (Å²) < 4.78 is 0. The van der Waals surface area contributed by atoms with Crippen molar-refractivity contribution in [2.45, 2.75) is 107 Å². The number of hydrogen-bond acceptors (Lipinski definition) is 2. The number of fused-ring (bicyclic) bond motifs is 4. The van der Waals surface area contributed by atoms with Crippen LogP contribution in [0.15, 0.2) is 35.1 Å².